The first-order valence-electron chi connectivity index (χ1n) is 6.97. The fraction of sp³-hybridized carbons (Fsp3) is 1.00. The molecule has 4 N–H and O–H groups in total. The van der Waals surface area contributed by atoms with Gasteiger partial charge in [-0.25, -0.2) is 0 Å². The summed E-state index contributed by atoms with van der Waals surface area (Å²) >= 11 is 0. The highest BCUT2D eigenvalue weighted by Gasteiger charge is 2.46. The van der Waals surface area contributed by atoms with Gasteiger partial charge in [-0.3, -0.25) is 0 Å². The molecule has 0 radical (unpaired) electrons. The van der Waals surface area contributed by atoms with E-state index in [1.54, 1.807) is 0 Å². The molecule has 1 fully saturated rings. The molecular formula is C14H30N2O. The molecule has 3 atom stereocenters. The van der Waals surface area contributed by atoms with Crippen LogP contribution >= 0.6 is 0 Å². The van der Waals surface area contributed by atoms with Crippen molar-refractivity contribution in [3.8, 4) is 0 Å². The van der Waals surface area contributed by atoms with E-state index in [9.17, 15) is 5.11 Å². The molecule has 0 aliphatic heterocycles. The second kappa shape index (κ2) is 5.68. The van der Waals surface area contributed by atoms with Gasteiger partial charge in [-0.2, -0.15) is 0 Å². The van der Waals surface area contributed by atoms with Gasteiger partial charge in [0.05, 0.1) is 0 Å². The number of nitrogens with two attached hydrogens (primary N) is 1. The van der Waals surface area contributed by atoms with Crippen molar-refractivity contribution >= 4 is 0 Å². The van der Waals surface area contributed by atoms with Crippen LogP contribution < -0.4 is 11.1 Å². The Kier molecular flexibility index (Phi) is 4.99. The molecule has 1 saturated carbocycles. The first-order chi connectivity index (χ1) is 7.88. The van der Waals surface area contributed by atoms with Crippen LogP contribution in [0.4, 0.5) is 0 Å². The van der Waals surface area contributed by atoms with Gasteiger partial charge in [-0.05, 0) is 31.1 Å². The maximum absolute atomic E-state index is 9.25. The zero-order valence-electron chi connectivity index (χ0n) is 11.9. The molecule has 17 heavy (non-hydrogen) atoms. The van der Waals surface area contributed by atoms with E-state index in [2.05, 4.69) is 33.0 Å². The minimum absolute atomic E-state index is 0.0358. The highest BCUT2D eigenvalue weighted by atomic mass is 16.3. The summed E-state index contributed by atoms with van der Waals surface area (Å²) in [7, 11) is 0. The number of nitrogens with one attached hydrogen (secondary N) is 1. The van der Waals surface area contributed by atoms with Gasteiger partial charge < -0.3 is 16.2 Å². The molecule has 0 bridgehead atoms. The number of aliphatic hydroxyl groups excluding tert-OH is 1. The second-order valence-corrected chi connectivity index (χ2v) is 6.47. The SMILES string of the molecule is CC(CO)C(C)NC1(CN)CCCCC1(C)C. The Morgan fingerprint density at radius 3 is 2.29 bits per heavy atom. The Labute approximate surface area is 106 Å². The maximum Gasteiger partial charge on any atom is 0.0471 e. The maximum atomic E-state index is 9.25. The van der Waals surface area contributed by atoms with Crippen molar-refractivity contribution in [3.63, 3.8) is 0 Å². The largest absolute Gasteiger partial charge is 0.396 e. The van der Waals surface area contributed by atoms with E-state index in [0.29, 0.717) is 12.6 Å². The van der Waals surface area contributed by atoms with Gasteiger partial charge in [0.25, 0.3) is 0 Å². The molecule has 0 aromatic heterocycles. The van der Waals surface area contributed by atoms with E-state index < -0.39 is 0 Å². The lowest BCUT2D eigenvalue weighted by molar-refractivity contribution is 0.0473. The molecule has 102 valence electrons. The molecular weight excluding hydrogens is 212 g/mol. The van der Waals surface area contributed by atoms with E-state index in [1.807, 2.05) is 0 Å². The third-order valence-electron chi connectivity index (χ3n) is 4.94. The van der Waals surface area contributed by atoms with Crippen molar-refractivity contribution in [2.45, 2.75) is 65.0 Å². The van der Waals surface area contributed by atoms with Gasteiger partial charge in [-0.15, -0.1) is 0 Å². The summed E-state index contributed by atoms with van der Waals surface area (Å²) in [6.07, 6.45) is 4.95. The van der Waals surface area contributed by atoms with Crippen molar-refractivity contribution < 1.29 is 5.11 Å². The Balaban J connectivity index is 2.80. The van der Waals surface area contributed by atoms with Crippen LogP contribution in [0.25, 0.3) is 0 Å². The van der Waals surface area contributed by atoms with Gasteiger partial charge in [-0.1, -0.05) is 33.6 Å². The standard InChI is InChI=1S/C14H30N2O/c1-11(9-17)12(2)16-14(10-15)8-6-5-7-13(14,3)4/h11-12,16-17H,5-10,15H2,1-4H3. The monoisotopic (exact) mass is 242 g/mol. The smallest absolute Gasteiger partial charge is 0.0471 e. The quantitative estimate of drug-likeness (QED) is 0.690. The van der Waals surface area contributed by atoms with Crippen molar-refractivity contribution in [1.82, 2.24) is 5.32 Å². The van der Waals surface area contributed by atoms with Gasteiger partial charge in [0.1, 0.15) is 0 Å². The molecule has 0 amide bonds. The molecule has 1 aliphatic rings. The third kappa shape index (κ3) is 3.01. The van der Waals surface area contributed by atoms with Crippen LogP contribution in [0, 0.1) is 11.3 Å². The summed E-state index contributed by atoms with van der Waals surface area (Å²) in [5, 5.41) is 13.0. The third-order valence-corrected chi connectivity index (χ3v) is 4.94. The molecule has 3 heteroatoms. The Morgan fingerprint density at radius 1 is 1.24 bits per heavy atom. The Hall–Kier alpha value is -0.120. The highest BCUT2D eigenvalue weighted by Crippen LogP contribution is 2.43. The van der Waals surface area contributed by atoms with Crippen LogP contribution in [-0.2, 0) is 0 Å². The fourth-order valence-electron chi connectivity index (χ4n) is 3.01. The fourth-order valence-corrected chi connectivity index (χ4v) is 3.01. The predicted octanol–water partition coefficient (Wildman–Crippen LogP) is 1.89. The predicted molar refractivity (Wildman–Crippen MR) is 72.9 cm³/mol. The lowest BCUT2D eigenvalue weighted by atomic mass is 9.62. The normalized spacial score (nSPS) is 32.1. The number of hydrogen-bond donors (Lipinski definition) is 3. The molecule has 3 unspecified atom stereocenters. The average molecular weight is 242 g/mol. The van der Waals surface area contributed by atoms with Crippen LogP contribution in [0.3, 0.4) is 0 Å². The topological polar surface area (TPSA) is 58.3 Å². The van der Waals surface area contributed by atoms with Crippen LogP contribution in [0.1, 0.15) is 53.4 Å². The summed E-state index contributed by atoms with van der Waals surface area (Å²) in [5.41, 5.74) is 6.35. The summed E-state index contributed by atoms with van der Waals surface area (Å²) in [6, 6.07) is 0.306. The molecule has 0 aromatic rings. The van der Waals surface area contributed by atoms with E-state index in [1.165, 1.54) is 19.3 Å². The van der Waals surface area contributed by atoms with E-state index in [-0.39, 0.29) is 23.5 Å². The summed E-state index contributed by atoms with van der Waals surface area (Å²) in [4.78, 5) is 0. The average Bonchev–Trinajstić information content (AvgIpc) is 2.30. The zero-order chi connectivity index (χ0) is 13.1. The molecule has 0 aromatic carbocycles. The van der Waals surface area contributed by atoms with Crippen LogP contribution in [0.2, 0.25) is 0 Å². The minimum atomic E-state index is 0.0358. The number of rotatable bonds is 5. The van der Waals surface area contributed by atoms with Crippen molar-refractivity contribution in [2.75, 3.05) is 13.2 Å². The summed E-state index contributed by atoms with van der Waals surface area (Å²) in [6.45, 7) is 9.79. The Morgan fingerprint density at radius 2 is 1.82 bits per heavy atom. The molecule has 0 heterocycles. The Bertz CT molecular complexity index is 242. The van der Waals surface area contributed by atoms with Crippen molar-refractivity contribution in [2.24, 2.45) is 17.1 Å². The lowest BCUT2D eigenvalue weighted by Crippen LogP contribution is -2.65. The van der Waals surface area contributed by atoms with E-state index in [0.717, 1.165) is 6.42 Å². The minimum Gasteiger partial charge on any atom is -0.396 e. The molecule has 3 nitrogen and oxygen atoms in total. The number of hydrogen-bond acceptors (Lipinski definition) is 3. The van der Waals surface area contributed by atoms with Gasteiger partial charge in [0.15, 0.2) is 0 Å². The molecule has 1 aliphatic carbocycles. The first-order valence-corrected chi connectivity index (χ1v) is 6.97. The van der Waals surface area contributed by atoms with Crippen LogP contribution in [0.15, 0.2) is 0 Å². The van der Waals surface area contributed by atoms with Gasteiger partial charge >= 0.3 is 0 Å². The van der Waals surface area contributed by atoms with Crippen molar-refractivity contribution in [1.29, 1.82) is 0 Å². The lowest BCUT2D eigenvalue weighted by Gasteiger charge is -2.52. The molecule has 0 spiro atoms. The highest BCUT2D eigenvalue weighted by molar-refractivity contribution is 5.04. The zero-order valence-corrected chi connectivity index (χ0v) is 11.9. The van der Waals surface area contributed by atoms with E-state index in [4.69, 9.17) is 5.73 Å². The molecule has 1 rings (SSSR count). The van der Waals surface area contributed by atoms with Crippen molar-refractivity contribution in [3.05, 3.63) is 0 Å². The van der Waals surface area contributed by atoms with Crippen LogP contribution in [-0.4, -0.2) is 29.8 Å². The van der Waals surface area contributed by atoms with Gasteiger partial charge in [0.2, 0.25) is 0 Å². The van der Waals surface area contributed by atoms with Gasteiger partial charge in [0, 0.05) is 24.7 Å². The summed E-state index contributed by atoms with van der Waals surface area (Å²) < 4.78 is 0. The first kappa shape index (κ1) is 14.9. The van der Waals surface area contributed by atoms with Crippen LogP contribution in [0.5, 0.6) is 0 Å². The summed E-state index contributed by atoms with van der Waals surface area (Å²) in [5.74, 6) is 0.274. The number of aliphatic hydroxyl groups is 1. The second-order valence-electron chi connectivity index (χ2n) is 6.47. The van der Waals surface area contributed by atoms with E-state index >= 15 is 0 Å². The molecule has 0 saturated heterocycles.